The van der Waals surface area contributed by atoms with Gasteiger partial charge < -0.3 is 10.6 Å². The maximum absolute atomic E-state index is 12.0. The zero-order valence-electron chi connectivity index (χ0n) is 9.91. The van der Waals surface area contributed by atoms with E-state index in [1.54, 1.807) is 0 Å². The number of nitrogens with one attached hydrogen (secondary N) is 2. The van der Waals surface area contributed by atoms with Gasteiger partial charge in [0, 0.05) is 0 Å². The first-order valence-electron chi connectivity index (χ1n) is 6.46. The molecule has 1 aromatic rings. The van der Waals surface area contributed by atoms with Crippen LogP contribution < -0.4 is 10.6 Å². The molecule has 2 N–H and O–H groups in total. The van der Waals surface area contributed by atoms with Gasteiger partial charge in [0.25, 0.3) is 0 Å². The number of rotatable bonds is 2. The zero-order valence-corrected chi connectivity index (χ0v) is 9.91. The summed E-state index contributed by atoms with van der Waals surface area (Å²) in [5.74, 6) is 0.171. The largest absolute Gasteiger partial charge is 0.348 e. The average molecular weight is 230 g/mol. The van der Waals surface area contributed by atoms with Crippen LogP contribution >= 0.6 is 0 Å². The molecule has 1 heterocycles. The molecule has 0 saturated carbocycles. The number of hydrogen-bond donors (Lipinski definition) is 2. The first kappa shape index (κ1) is 10.8. The number of carbonyl (C=O) groups excluding carboxylic acids is 1. The molecule has 17 heavy (non-hydrogen) atoms. The Hall–Kier alpha value is -1.35. The second-order valence-corrected chi connectivity index (χ2v) is 4.95. The maximum Gasteiger partial charge on any atom is 0.237 e. The molecule has 3 heteroatoms. The van der Waals surface area contributed by atoms with E-state index < -0.39 is 0 Å². The monoisotopic (exact) mass is 230 g/mol. The first-order chi connectivity index (χ1) is 8.34. The fraction of sp³-hybridized carbons (Fsp3) is 0.500. The molecule has 90 valence electrons. The highest BCUT2D eigenvalue weighted by Gasteiger charge is 2.27. The van der Waals surface area contributed by atoms with E-state index in [0.29, 0.717) is 0 Å². The van der Waals surface area contributed by atoms with Crippen LogP contribution in [0.3, 0.4) is 0 Å². The highest BCUT2D eigenvalue weighted by atomic mass is 16.2. The van der Waals surface area contributed by atoms with E-state index >= 15 is 0 Å². The van der Waals surface area contributed by atoms with Gasteiger partial charge in [0.1, 0.15) is 0 Å². The molecule has 3 nitrogen and oxygen atoms in total. The lowest BCUT2D eigenvalue weighted by atomic mass is 10.1. The third kappa shape index (κ3) is 2.07. The molecule has 1 amide bonds. The number of fused-ring (bicyclic) bond motifs is 1. The molecule has 3 rings (SSSR count). The van der Waals surface area contributed by atoms with E-state index in [1.165, 1.54) is 11.1 Å². The van der Waals surface area contributed by atoms with Gasteiger partial charge in [0.2, 0.25) is 5.91 Å². The third-order valence-corrected chi connectivity index (χ3v) is 3.83. The lowest BCUT2D eigenvalue weighted by Gasteiger charge is -2.17. The molecule has 0 bridgehead atoms. The lowest BCUT2D eigenvalue weighted by molar-refractivity contribution is -0.123. The molecular formula is C14H18N2O. The Labute approximate surface area is 102 Å². The third-order valence-electron chi connectivity index (χ3n) is 3.83. The minimum Gasteiger partial charge on any atom is -0.348 e. The van der Waals surface area contributed by atoms with Gasteiger partial charge in [-0.2, -0.15) is 0 Å². The molecule has 1 aliphatic carbocycles. The van der Waals surface area contributed by atoms with Gasteiger partial charge in [-0.1, -0.05) is 24.3 Å². The van der Waals surface area contributed by atoms with Gasteiger partial charge in [-0.3, -0.25) is 4.79 Å². The number of carbonyl (C=O) groups is 1. The van der Waals surface area contributed by atoms with Crippen molar-refractivity contribution in [1.29, 1.82) is 0 Å². The van der Waals surface area contributed by atoms with Crippen molar-refractivity contribution in [2.45, 2.75) is 37.8 Å². The van der Waals surface area contributed by atoms with Crippen molar-refractivity contribution in [2.24, 2.45) is 0 Å². The Morgan fingerprint density at radius 2 is 2.18 bits per heavy atom. The SMILES string of the molecule is O=C(N[C@H]1CCc2ccccc21)[C@@H]1CCCN1. The summed E-state index contributed by atoms with van der Waals surface area (Å²) in [6.07, 6.45) is 4.20. The Morgan fingerprint density at radius 3 is 3.00 bits per heavy atom. The number of benzene rings is 1. The van der Waals surface area contributed by atoms with Crippen molar-refractivity contribution in [3.63, 3.8) is 0 Å². The number of hydrogen-bond acceptors (Lipinski definition) is 2. The van der Waals surface area contributed by atoms with Crippen LogP contribution in [0.4, 0.5) is 0 Å². The normalized spacial score (nSPS) is 26.8. The Balaban J connectivity index is 1.68. The Morgan fingerprint density at radius 1 is 1.29 bits per heavy atom. The van der Waals surface area contributed by atoms with Crippen molar-refractivity contribution >= 4 is 5.91 Å². The average Bonchev–Trinajstić information content (AvgIpc) is 2.98. The van der Waals surface area contributed by atoms with Crippen LogP contribution in [0.2, 0.25) is 0 Å². The fourth-order valence-corrected chi connectivity index (χ4v) is 2.89. The second kappa shape index (κ2) is 4.49. The van der Waals surface area contributed by atoms with E-state index in [9.17, 15) is 4.79 Å². The molecule has 2 aliphatic rings. The van der Waals surface area contributed by atoms with Crippen LogP contribution in [-0.2, 0) is 11.2 Å². The predicted molar refractivity (Wildman–Crippen MR) is 66.7 cm³/mol. The second-order valence-electron chi connectivity index (χ2n) is 4.95. The van der Waals surface area contributed by atoms with Gasteiger partial charge in [0.15, 0.2) is 0 Å². The lowest BCUT2D eigenvalue weighted by Crippen LogP contribution is -2.41. The molecule has 1 aliphatic heterocycles. The van der Waals surface area contributed by atoms with E-state index in [4.69, 9.17) is 0 Å². The summed E-state index contributed by atoms with van der Waals surface area (Å²) in [7, 11) is 0. The van der Waals surface area contributed by atoms with Gasteiger partial charge in [0.05, 0.1) is 12.1 Å². The summed E-state index contributed by atoms with van der Waals surface area (Å²) < 4.78 is 0. The minimum absolute atomic E-state index is 0.0303. The topological polar surface area (TPSA) is 41.1 Å². The molecule has 1 fully saturated rings. The van der Waals surface area contributed by atoms with E-state index in [2.05, 4.69) is 34.9 Å². The summed E-state index contributed by atoms with van der Waals surface area (Å²) in [4.78, 5) is 12.0. The van der Waals surface area contributed by atoms with Gasteiger partial charge in [-0.15, -0.1) is 0 Å². The first-order valence-corrected chi connectivity index (χ1v) is 6.46. The Bertz CT molecular complexity index is 424. The predicted octanol–water partition coefficient (Wildman–Crippen LogP) is 1.54. The van der Waals surface area contributed by atoms with E-state index in [-0.39, 0.29) is 18.0 Å². The summed E-state index contributed by atoms with van der Waals surface area (Å²) >= 11 is 0. The maximum atomic E-state index is 12.0. The van der Waals surface area contributed by atoms with Crippen LogP contribution in [0.1, 0.15) is 36.4 Å². The highest BCUT2D eigenvalue weighted by Crippen LogP contribution is 2.30. The molecule has 0 radical (unpaired) electrons. The molecule has 0 spiro atoms. The fourth-order valence-electron chi connectivity index (χ4n) is 2.89. The summed E-state index contributed by atoms with van der Waals surface area (Å²) in [6, 6.07) is 8.67. The molecule has 2 atom stereocenters. The van der Waals surface area contributed by atoms with Crippen LogP contribution in [0.25, 0.3) is 0 Å². The van der Waals surface area contributed by atoms with Gasteiger partial charge >= 0.3 is 0 Å². The van der Waals surface area contributed by atoms with Crippen molar-refractivity contribution in [3.8, 4) is 0 Å². The van der Waals surface area contributed by atoms with Crippen molar-refractivity contribution in [1.82, 2.24) is 10.6 Å². The van der Waals surface area contributed by atoms with Gasteiger partial charge in [-0.25, -0.2) is 0 Å². The molecule has 0 unspecified atom stereocenters. The highest BCUT2D eigenvalue weighted by molar-refractivity contribution is 5.82. The van der Waals surface area contributed by atoms with Crippen molar-refractivity contribution < 1.29 is 4.79 Å². The summed E-state index contributed by atoms with van der Waals surface area (Å²) in [6.45, 7) is 0.972. The van der Waals surface area contributed by atoms with Crippen molar-refractivity contribution in [3.05, 3.63) is 35.4 Å². The Kier molecular flexibility index (Phi) is 2.85. The molecule has 1 saturated heterocycles. The smallest absolute Gasteiger partial charge is 0.237 e. The van der Waals surface area contributed by atoms with Crippen LogP contribution in [0.5, 0.6) is 0 Å². The van der Waals surface area contributed by atoms with Crippen LogP contribution in [0, 0.1) is 0 Å². The molecule has 0 aromatic heterocycles. The van der Waals surface area contributed by atoms with Gasteiger partial charge in [-0.05, 0) is 43.4 Å². The van der Waals surface area contributed by atoms with Crippen LogP contribution in [-0.4, -0.2) is 18.5 Å². The number of aryl methyl sites for hydroxylation is 1. The standard InChI is InChI=1S/C14H18N2O/c17-14(13-6-3-9-15-13)16-12-8-7-10-4-1-2-5-11(10)12/h1-2,4-5,12-13,15H,3,6-9H2,(H,16,17)/t12-,13-/m0/s1. The number of amides is 1. The molecular weight excluding hydrogens is 212 g/mol. The summed E-state index contributed by atoms with van der Waals surface area (Å²) in [5.41, 5.74) is 2.69. The zero-order chi connectivity index (χ0) is 11.7. The quantitative estimate of drug-likeness (QED) is 0.809. The van der Waals surface area contributed by atoms with E-state index in [1.807, 2.05) is 0 Å². The molecule has 1 aromatic carbocycles. The van der Waals surface area contributed by atoms with Crippen LogP contribution in [0.15, 0.2) is 24.3 Å². The minimum atomic E-state index is 0.0303. The van der Waals surface area contributed by atoms with Crippen molar-refractivity contribution in [2.75, 3.05) is 6.54 Å². The summed E-state index contributed by atoms with van der Waals surface area (Å²) in [5, 5.41) is 6.42. The van der Waals surface area contributed by atoms with E-state index in [0.717, 1.165) is 32.2 Å².